The lowest BCUT2D eigenvalue weighted by Gasteiger charge is -2.36. The number of carbonyl (C=O) groups is 2. The number of ketones is 2. The minimum Gasteiger partial charge on any atom is -0.299 e. The molecule has 2 atom stereocenters. The molecule has 0 unspecified atom stereocenters. The van der Waals surface area contributed by atoms with Crippen molar-refractivity contribution in [2.45, 2.75) is 32.1 Å². The van der Waals surface area contributed by atoms with Crippen molar-refractivity contribution in [3.63, 3.8) is 0 Å². The van der Waals surface area contributed by atoms with Crippen LogP contribution in [-0.4, -0.2) is 11.6 Å². The maximum Gasteiger partial charge on any atom is 0.164 e. The molecule has 0 heterocycles. The Balaban J connectivity index is 2.04. The van der Waals surface area contributed by atoms with E-state index in [1.165, 1.54) is 0 Å². The van der Waals surface area contributed by atoms with Crippen LogP contribution in [0.15, 0.2) is 36.4 Å². The second-order valence-corrected chi connectivity index (χ2v) is 6.28. The predicted molar refractivity (Wildman–Crippen MR) is 78.0 cm³/mol. The minimum atomic E-state index is -0.466. The van der Waals surface area contributed by atoms with E-state index in [4.69, 9.17) is 0 Å². The van der Waals surface area contributed by atoms with Gasteiger partial charge in [-0.25, -0.2) is 0 Å². The largest absolute Gasteiger partial charge is 0.299 e. The maximum absolute atomic E-state index is 12.6. The van der Waals surface area contributed by atoms with Crippen LogP contribution in [0.2, 0.25) is 0 Å². The van der Waals surface area contributed by atoms with E-state index in [1.54, 1.807) is 0 Å². The molecule has 0 saturated heterocycles. The first kappa shape index (κ1) is 11.8. The van der Waals surface area contributed by atoms with E-state index in [9.17, 15) is 9.59 Å². The lowest BCUT2D eigenvalue weighted by molar-refractivity contribution is -0.125. The van der Waals surface area contributed by atoms with Crippen LogP contribution in [0.3, 0.4) is 0 Å². The molecule has 0 amide bonds. The number of Topliss-reactive ketones (excluding diaryl/α,β-unsaturated/α-hetero) is 2. The molecule has 20 heavy (non-hydrogen) atoms. The summed E-state index contributed by atoms with van der Waals surface area (Å²) in [5.41, 5.74) is 1.49. The fourth-order valence-electron chi connectivity index (χ4n) is 4.11. The van der Waals surface area contributed by atoms with Crippen LogP contribution in [0.25, 0.3) is 10.8 Å². The monoisotopic (exact) mass is 264 g/mol. The quantitative estimate of drug-likeness (QED) is 0.723. The number of fused-ring (bicyclic) bond motifs is 5. The molecule has 2 aliphatic rings. The predicted octanol–water partition coefficient (Wildman–Crippen LogP) is 3.88. The van der Waals surface area contributed by atoms with Crippen molar-refractivity contribution < 1.29 is 9.59 Å². The van der Waals surface area contributed by atoms with Crippen LogP contribution in [0.1, 0.15) is 48.0 Å². The third-order valence-electron chi connectivity index (χ3n) is 5.21. The Labute approximate surface area is 117 Å². The zero-order valence-electron chi connectivity index (χ0n) is 11.5. The number of benzene rings is 2. The average Bonchev–Trinajstić information content (AvgIpc) is 2.74. The molecule has 100 valence electrons. The number of rotatable bonds is 0. The Kier molecular flexibility index (Phi) is 2.24. The summed E-state index contributed by atoms with van der Waals surface area (Å²) < 4.78 is 0. The van der Waals surface area contributed by atoms with Gasteiger partial charge in [-0.05, 0) is 28.7 Å². The molecule has 4 rings (SSSR count). The zero-order valence-corrected chi connectivity index (χ0v) is 11.5. The molecule has 0 spiro atoms. The van der Waals surface area contributed by atoms with Crippen molar-refractivity contribution in [2.24, 2.45) is 5.41 Å². The van der Waals surface area contributed by atoms with E-state index in [1.807, 2.05) is 31.2 Å². The number of hydrogen-bond acceptors (Lipinski definition) is 2. The van der Waals surface area contributed by atoms with Crippen LogP contribution in [0.5, 0.6) is 0 Å². The van der Waals surface area contributed by atoms with E-state index < -0.39 is 5.41 Å². The molecule has 0 aliphatic heterocycles. The van der Waals surface area contributed by atoms with Crippen LogP contribution >= 0.6 is 0 Å². The number of hydrogen-bond donors (Lipinski definition) is 0. The molecule has 0 N–H and O–H groups in total. The highest BCUT2D eigenvalue weighted by molar-refractivity contribution is 6.13. The van der Waals surface area contributed by atoms with E-state index in [0.717, 1.165) is 28.3 Å². The Hall–Kier alpha value is -1.96. The zero-order chi connectivity index (χ0) is 13.9. The van der Waals surface area contributed by atoms with Gasteiger partial charge in [-0.2, -0.15) is 0 Å². The fourth-order valence-corrected chi connectivity index (χ4v) is 4.11. The fraction of sp³-hybridized carbons (Fsp3) is 0.333. The summed E-state index contributed by atoms with van der Waals surface area (Å²) in [4.78, 5) is 24.8. The van der Waals surface area contributed by atoms with Crippen LogP contribution < -0.4 is 0 Å². The maximum atomic E-state index is 12.6. The Morgan fingerprint density at radius 1 is 1.10 bits per heavy atom. The minimum absolute atomic E-state index is 0.130. The first-order valence-electron chi connectivity index (χ1n) is 7.19. The van der Waals surface area contributed by atoms with Gasteiger partial charge in [0.15, 0.2) is 5.78 Å². The summed E-state index contributed by atoms with van der Waals surface area (Å²) in [6.45, 7) is 1.98. The van der Waals surface area contributed by atoms with E-state index in [-0.39, 0.29) is 17.5 Å². The Bertz CT molecular complexity index is 759. The first-order valence-corrected chi connectivity index (χ1v) is 7.19. The second-order valence-electron chi connectivity index (χ2n) is 6.28. The highest BCUT2D eigenvalue weighted by atomic mass is 16.1. The summed E-state index contributed by atoms with van der Waals surface area (Å²) >= 11 is 0. The number of carbonyl (C=O) groups excluding carboxylic acids is 2. The molecule has 1 saturated carbocycles. The van der Waals surface area contributed by atoms with Crippen molar-refractivity contribution in [1.82, 2.24) is 0 Å². The lowest BCUT2D eigenvalue weighted by Crippen LogP contribution is -2.35. The smallest absolute Gasteiger partial charge is 0.164 e. The van der Waals surface area contributed by atoms with Gasteiger partial charge in [0.25, 0.3) is 0 Å². The van der Waals surface area contributed by atoms with Crippen LogP contribution in [0, 0.1) is 5.41 Å². The van der Waals surface area contributed by atoms with E-state index >= 15 is 0 Å². The molecule has 1 fully saturated rings. The molecular weight excluding hydrogens is 248 g/mol. The second kappa shape index (κ2) is 3.78. The van der Waals surface area contributed by atoms with Crippen molar-refractivity contribution >= 4 is 22.3 Å². The van der Waals surface area contributed by atoms with Crippen molar-refractivity contribution in [1.29, 1.82) is 0 Å². The Morgan fingerprint density at radius 3 is 2.75 bits per heavy atom. The van der Waals surface area contributed by atoms with Crippen molar-refractivity contribution in [2.75, 3.05) is 0 Å². The Morgan fingerprint density at radius 2 is 1.90 bits per heavy atom. The van der Waals surface area contributed by atoms with E-state index in [0.29, 0.717) is 12.8 Å². The molecular formula is C18H16O2. The summed E-state index contributed by atoms with van der Waals surface area (Å²) in [6.07, 6.45) is 1.87. The van der Waals surface area contributed by atoms with Crippen molar-refractivity contribution in [3.05, 3.63) is 47.5 Å². The van der Waals surface area contributed by atoms with Crippen LogP contribution in [-0.2, 0) is 4.79 Å². The van der Waals surface area contributed by atoms with Gasteiger partial charge in [0, 0.05) is 23.8 Å². The average molecular weight is 264 g/mol. The van der Waals surface area contributed by atoms with Gasteiger partial charge in [-0.15, -0.1) is 0 Å². The van der Waals surface area contributed by atoms with E-state index in [2.05, 4.69) is 12.1 Å². The SMILES string of the molecule is C[C@]12CC(=O)c3c(ccc4ccccc34)[C@@H]1CCC2=O. The molecule has 0 bridgehead atoms. The van der Waals surface area contributed by atoms with Crippen LogP contribution in [0.4, 0.5) is 0 Å². The molecule has 2 nitrogen and oxygen atoms in total. The highest BCUT2D eigenvalue weighted by Gasteiger charge is 2.51. The molecule has 0 radical (unpaired) electrons. The molecule has 2 aromatic carbocycles. The summed E-state index contributed by atoms with van der Waals surface area (Å²) in [5.74, 6) is 0.604. The van der Waals surface area contributed by atoms with Gasteiger partial charge in [0.1, 0.15) is 5.78 Å². The summed E-state index contributed by atoms with van der Waals surface area (Å²) in [6, 6.07) is 12.2. The topological polar surface area (TPSA) is 34.1 Å². The molecule has 0 aromatic heterocycles. The molecule has 2 aromatic rings. The molecule has 2 aliphatic carbocycles. The van der Waals surface area contributed by atoms with Gasteiger partial charge >= 0.3 is 0 Å². The third kappa shape index (κ3) is 1.34. The third-order valence-corrected chi connectivity index (χ3v) is 5.21. The summed E-state index contributed by atoms with van der Waals surface area (Å²) in [5, 5.41) is 2.14. The van der Waals surface area contributed by atoms with Gasteiger partial charge < -0.3 is 0 Å². The standard InChI is InChI=1S/C18H16O2/c1-18-10-15(19)17-12-5-3-2-4-11(12)6-7-13(17)14(18)8-9-16(18)20/h2-7,14H,8-10H2,1H3/t14-,18-/m0/s1. The van der Waals surface area contributed by atoms with Gasteiger partial charge in [-0.3, -0.25) is 9.59 Å². The highest BCUT2D eigenvalue weighted by Crippen LogP contribution is 2.54. The summed E-state index contributed by atoms with van der Waals surface area (Å²) in [7, 11) is 0. The van der Waals surface area contributed by atoms with Gasteiger partial charge in [0.05, 0.1) is 0 Å². The van der Waals surface area contributed by atoms with Crippen molar-refractivity contribution in [3.8, 4) is 0 Å². The first-order chi connectivity index (χ1) is 9.61. The van der Waals surface area contributed by atoms with Gasteiger partial charge in [0.2, 0.25) is 0 Å². The molecule has 2 heteroatoms. The lowest BCUT2D eigenvalue weighted by atomic mass is 9.65. The normalized spacial score (nSPS) is 28.6. The van der Waals surface area contributed by atoms with Gasteiger partial charge in [-0.1, -0.05) is 43.3 Å².